The number of nitrogens with one attached hydrogen (secondary N) is 1. The summed E-state index contributed by atoms with van der Waals surface area (Å²) in [5.41, 5.74) is 1.79. The maximum absolute atomic E-state index is 12.3. The summed E-state index contributed by atoms with van der Waals surface area (Å²) in [7, 11) is 0. The van der Waals surface area contributed by atoms with Crippen LogP contribution in [0.1, 0.15) is 33.1 Å². The van der Waals surface area contributed by atoms with Crippen molar-refractivity contribution in [1.82, 2.24) is 9.78 Å². The second kappa shape index (κ2) is 6.37. The Hall–Kier alpha value is -1.10. The van der Waals surface area contributed by atoms with Gasteiger partial charge in [-0.05, 0) is 48.5 Å². The van der Waals surface area contributed by atoms with Crippen LogP contribution in [0.3, 0.4) is 0 Å². The average Bonchev–Trinajstić information content (AvgIpc) is 2.30. The highest BCUT2D eigenvalue weighted by Gasteiger charge is 2.19. The molecule has 1 N–H and O–H groups in total. The molecule has 5 heteroatoms. The number of rotatable bonds is 5. The van der Waals surface area contributed by atoms with Crippen molar-refractivity contribution in [3.05, 3.63) is 32.7 Å². The number of aromatic nitrogens is 2. The molecule has 0 atom stereocenters. The molecule has 0 aliphatic heterocycles. The zero-order valence-electron chi connectivity index (χ0n) is 11.4. The van der Waals surface area contributed by atoms with E-state index in [0.29, 0.717) is 18.2 Å². The molecule has 1 aromatic rings. The molecule has 1 aliphatic rings. The monoisotopic (exact) mass is 325 g/mol. The van der Waals surface area contributed by atoms with Gasteiger partial charge in [-0.1, -0.05) is 18.1 Å². The average molecular weight is 326 g/mol. The molecule has 0 spiro atoms. The van der Waals surface area contributed by atoms with Crippen LogP contribution in [0.5, 0.6) is 0 Å². The van der Waals surface area contributed by atoms with Crippen LogP contribution in [-0.2, 0) is 6.54 Å². The molecule has 0 aromatic carbocycles. The van der Waals surface area contributed by atoms with Gasteiger partial charge in [0.05, 0.1) is 10.7 Å². The molecule has 1 fully saturated rings. The number of halogens is 1. The first-order chi connectivity index (χ1) is 9.08. The van der Waals surface area contributed by atoms with E-state index in [1.807, 2.05) is 13.8 Å². The van der Waals surface area contributed by atoms with Crippen LogP contribution in [-0.4, -0.2) is 16.3 Å². The van der Waals surface area contributed by atoms with E-state index >= 15 is 0 Å². The second-order valence-electron chi connectivity index (χ2n) is 5.31. The molecule has 1 saturated carbocycles. The van der Waals surface area contributed by atoms with E-state index in [1.165, 1.54) is 24.8 Å². The SMILES string of the molecule is CC(C)=CCNc1c(Br)cnn(CC2CCC2)c1=O. The maximum atomic E-state index is 12.3. The molecule has 0 amide bonds. The quantitative estimate of drug-likeness (QED) is 0.846. The van der Waals surface area contributed by atoms with Crippen LogP contribution >= 0.6 is 15.9 Å². The van der Waals surface area contributed by atoms with Crippen molar-refractivity contribution in [1.29, 1.82) is 0 Å². The van der Waals surface area contributed by atoms with Crippen molar-refractivity contribution in [2.24, 2.45) is 5.92 Å². The van der Waals surface area contributed by atoms with Gasteiger partial charge in [-0.2, -0.15) is 5.10 Å². The number of hydrogen-bond acceptors (Lipinski definition) is 3. The highest BCUT2D eigenvalue weighted by atomic mass is 79.9. The Kier molecular flexibility index (Phi) is 4.80. The van der Waals surface area contributed by atoms with Gasteiger partial charge in [0.2, 0.25) is 0 Å². The van der Waals surface area contributed by atoms with Gasteiger partial charge in [-0.25, -0.2) is 4.68 Å². The van der Waals surface area contributed by atoms with Crippen molar-refractivity contribution in [2.75, 3.05) is 11.9 Å². The predicted molar refractivity (Wildman–Crippen MR) is 81.5 cm³/mol. The molecular formula is C14H20BrN3O. The van der Waals surface area contributed by atoms with Crippen LogP contribution in [0.25, 0.3) is 0 Å². The van der Waals surface area contributed by atoms with Gasteiger partial charge in [0.25, 0.3) is 5.56 Å². The number of nitrogens with zero attached hydrogens (tertiary/aromatic N) is 2. The van der Waals surface area contributed by atoms with Crippen LogP contribution in [0.4, 0.5) is 5.69 Å². The van der Waals surface area contributed by atoms with E-state index in [9.17, 15) is 4.79 Å². The molecule has 0 unspecified atom stereocenters. The summed E-state index contributed by atoms with van der Waals surface area (Å²) in [5, 5.41) is 7.37. The molecule has 2 rings (SSSR count). The van der Waals surface area contributed by atoms with Gasteiger partial charge < -0.3 is 5.32 Å². The van der Waals surface area contributed by atoms with E-state index in [-0.39, 0.29) is 5.56 Å². The molecule has 1 heterocycles. The lowest BCUT2D eigenvalue weighted by molar-refractivity contribution is 0.262. The van der Waals surface area contributed by atoms with Gasteiger partial charge >= 0.3 is 0 Å². The summed E-state index contributed by atoms with van der Waals surface area (Å²) in [4.78, 5) is 12.3. The third kappa shape index (κ3) is 3.69. The van der Waals surface area contributed by atoms with Crippen molar-refractivity contribution >= 4 is 21.6 Å². The molecular weight excluding hydrogens is 306 g/mol. The molecule has 1 aliphatic carbocycles. The third-order valence-electron chi connectivity index (χ3n) is 3.44. The van der Waals surface area contributed by atoms with E-state index in [4.69, 9.17) is 0 Å². The largest absolute Gasteiger partial charge is 0.376 e. The minimum absolute atomic E-state index is 0.0385. The molecule has 0 radical (unpaired) electrons. The van der Waals surface area contributed by atoms with Gasteiger partial charge in [0.15, 0.2) is 0 Å². The summed E-state index contributed by atoms with van der Waals surface area (Å²) < 4.78 is 2.31. The fourth-order valence-electron chi connectivity index (χ4n) is 2.04. The van der Waals surface area contributed by atoms with Crippen LogP contribution in [0, 0.1) is 5.92 Å². The topological polar surface area (TPSA) is 46.9 Å². The molecule has 0 saturated heterocycles. The van der Waals surface area contributed by atoms with Gasteiger partial charge in [0.1, 0.15) is 5.69 Å². The van der Waals surface area contributed by atoms with Gasteiger partial charge in [0, 0.05) is 13.1 Å². The smallest absolute Gasteiger partial charge is 0.291 e. The Morgan fingerprint density at radius 1 is 1.58 bits per heavy atom. The summed E-state index contributed by atoms with van der Waals surface area (Å²) in [5.74, 6) is 0.622. The zero-order valence-corrected chi connectivity index (χ0v) is 13.0. The highest BCUT2D eigenvalue weighted by Crippen LogP contribution is 2.27. The van der Waals surface area contributed by atoms with E-state index in [0.717, 1.165) is 11.0 Å². The lowest BCUT2D eigenvalue weighted by atomic mass is 9.85. The third-order valence-corrected chi connectivity index (χ3v) is 4.04. The van der Waals surface area contributed by atoms with Crippen molar-refractivity contribution in [2.45, 2.75) is 39.7 Å². The molecule has 4 nitrogen and oxygen atoms in total. The Balaban J connectivity index is 2.14. The van der Waals surface area contributed by atoms with Crippen LogP contribution in [0.2, 0.25) is 0 Å². The molecule has 19 heavy (non-hydrogen) atoms. The fraction of sp³-hybridized carbons (Fsp3) is 0.571. The Labute approximate surface area is 122 Å². The van der Waals surface area contributed by atoms with Gasteiger partial charge in [-0.3, -0.25) is 4.79 Å². The van der Waals surface area contributed by atoms with E-state index in [1.54, 1.807) is 10.9 Å². The van der Waals surface area contributed by atoms with Crippen molar-refractivity contribution in [3.63, 3.8) is 0 Å². The zero-order chi connectivity index (χ0) is 13.8. The number of anilines is 1. The lowest BCUT2D eigenvalue weighted by Crippen LogP contribution is -2.31. The van der Waals surface area contributed by atoms with E-state index < -0.39 is 0 Å². The molecule has 0 bridgehead atoms. The van der Waals surface area contributed by atoms with Crippen molar-refractivity contribution < 1.29 is 0 Å². The first-order valence-corrected chi connectivity index (χ1v) is 7.50. The Morgan fingerprint density at radius 2 is 2.32 bits per heavy atom. The summed E-state index contributed by atoms with van der Waals surface area (Å²) in [6, 6.07) is 0. The Morgan fingerprint density at radius 3 is 2.89 bits per heavy atom. The molecule has 1 aromatic heterocycles. The summed E-state index contributed by atoms with van der Waals surface area (Å²) >= 11 is 3.39. The summed E-state index contributed by atoms with van der Waals surface area (Å²) in [6.45, 7) is 5.48. The standard InChI is InChI=1S/C14H20BrN3O/c1-10(2)6-7-16-13-12(15)8-17-18(14(13)19)9-11-4-3-5-11/h6,8,11,16H,3-5,7,9H2,1-2H3. The highest BCUT2D eigenvalue weighted by molar-refractivity contribution is 9.10. The summed E-state index contributed by atoms with van der Waals surface area (Å²) in [6.07, 6.45) is 7.46. The maximum Gasteiger partial charge on any atom is 0.291 e. The fourth-order valence-corrected chi connectivity index (χ4v) is 2.44. The van der Waals surface area contributed by atoms with E-state index in [2.05, 4.69) is 32.4 Å². The Bertz CT molecular complexity index is 528. The normalized spacial score (nSPS) is 14.9. The van der Waals surface area contributed by atoms with Crippen molar-refractivity contribution in [3.8, 4) is 0 Å². The van der Waals surface area contributed by atoms with Crippen LogP contribution < -0.4 is 10.9 Å². The minimum Gasteiger partial charge on any atom is -0.376 e. The minimum atomic E-state index is -0.0385. The second-order valence-corrected chi connectivity index (χ2v) is 6.17. The number of hydrogen-bond donors (Lipinski definition) is 1. The first kappa shape index (κ1) is 14.3. The molecule has 104 valence electrons. The lowest BCUT2D eigenvalue weighted by Gasteiger charge is -2.25. The number of allylic oxidation sites excluding steroid dienone is 1. The predicted octanol–water partition coefficient (Wildman–Crippen LogP) is 3.18. The van der Waals surface area contributed by atoms with Gasteiger partial charge in [-0.15, -0.1) is 0 Å². The van der Waals surface area contributed by atoms with Crippen LogP contribution in [0.15, 0.2) is 27.1 Å². The first-order valence-electron chi connectivity index (χ1n) is 6.71.